The number of rotatable bonds is 6. The Morgan fingerprint density at radius 1 is 1.24 bits per heavy atom. The number of amides is 1. The summed E-state index contributed by atoms with van der Waals surface area (Å²) in [7, 11) is 0. The largest absolute Gasteiger partial charge is 0.356 e. The first-order valence-corrected chi connectivity index (χ1v) is 8.68. The molecule has 25 heavy (non-hydrogen) atoms. The molecular formula is C19H21N5O. The Labute approximate surface area is 147 Å². The highest BCUT2D eigenvalue weighted by Crippen LogP contribution is 2.53. The summed E-state index contributed by atoms with van der Waals surface area (Å²) >= 11 is 0. The molecule has 128 valence electrons. The second-order valence-electron chi connectivity index (χ2n) is 6.66. The smallest absolute Gasteiger partial charge is 0.244 e. The molecule has 2 fully saturated rings. The van der Waals surface area contributed by atoms with Crippen LogP contribution in [0.2, 0.25) is 0 Å². The number of fused-ring (bicyclic) bond motifs is 1. The fraction of sp³-hybridized carbons (Fsp3) is 0.368. The van der Waals surface area contributed by atoms with Crippen molar-refractivity contribution in [1.82, 2.24) is 20.3 Å². The topological polar surface area (TPSA) is 71.0 Å². The maximum atomic E-state index is 11.9. The zero-order chi connectivity index (χ0) is 17.1. The molecule has 1 amide bonds. The minimum absolute atomic E-state index is 0.0442. The third-order valence-electron chi connectivity index (χ3n) is 5.15. The van der Waals surface area contributed by atoms with Crippen molar-refractivity contribution < 1.29 is 4.79 Å². The standard InChI is InChI=1S/C19H21N5O/c25-19(4-3-14-2-1-7-20-10-14)22-9-5-15-16-11-24(12-17(15)16)18-6-8-21-13-23-18/h1-4,6-8,10,13,15-17H,5,9,11-12H2,(H,22,25)/b4-3+/t15-,16-,17+. The Kier molecular flexibility index (Phi) is 4.41. The Hall–Kier alpha value is -2.76. The molecule has 6 nitrogen and oxygen atoms in total. The van der Waals surface area contributed by atoms with Crippen LogP contribution in [0, 0.1) is 17.8 Å². The third kappa shape index (κ3) is 3.68. The van der Waals surface area contributed by atoms with Gasteiger partial charge in [-0.2, -0.15) is 0 Å². The second-order valence-corrected chi connectivity index (χ2v) is 6.66. The summed E-state index contributed by atoms with van der Waals surface area (Å²) in [5.74, 6) is 3.21. The molecule has 2 aromatic rings. The van der Waals surface area contributed by atoms with Gasteiger partial charge in [0.1, 0.15) is 12.1 Å². The molecule has 0 unspecified atom stereocenters. The van der Waals surface area contributed by atoms with Gasteiger partial charge in [-0.3, -0.25) is 9.78 Å². The fourth-order valence-electron chi connectivity index (χ4n) is 3.80. The number of nitrogens with one attached hydrogen (secondary N) is 1. The molecule has 4 rings (SSSR count). The highest BCUT2D eigenvalue weighted by Gasteiger charge is 2.55. The fourth-order valence-corrected chi connectivity index (χ4v) is 3.80. The molecule has 6 heteroatoms. The Bertz CT molecular complexity index is 737. The predicted molar refractivity (Wildman–Crippen MR) is 95.6 cm³/mol. The van der Waals surface area contributed by atoms with Crippen LogP contribution < -0.4 is 10.2 Å². The van der Waals surface area contributed by atoms with Gasteiger partial charge in [0, 0.05) is 44.3 Å². The number of hydrogen-bond acceptors (Lipinski definition) is 5. The molecular weight excluding hydrogens is 314 g/mol. The summed E-state index contributed by atoms with van der Waals surface area (Å²) < 4.78 is 0. The zero-order valence-electron chi connectivity index (χ0n) is 14.0. The molecule has 1 saturated heterocycles. The highest BCUT2D eigenvalue weighted by molar-refractivity contribution is 5.91. The molecule has 0 bridgehead atoms. The molecule has 3 atom stereocenters. The van der Waals surface area contributed by atoms with Gasteiger partial charge in [-0.15, -0.1) is 0 Å². The first kappa shape index (κ1) is 15.7. The van der Waals surface area contributed by atoms with Gasteiger partial charge in [-0.25, -0.2) is 9.97 Å². The van der Waals surface area contributed by atoms with E-state index < -0.39 is 0 Å². The summed E-state index contributed by atoms with van der Waals surface area (Å²) in [6.45, 7) is 2.88. The van der Waals surface area contributed by atoms with E-state index in [2.05, 4.69) is 25.2 Å². The van der Waals surface area contributed by atoms with Crippen molar-refractivity contribution in [1.29, 1.82) is 0 Å². The average molecular weight is 335 g/mol. The van der Waals surface area contributed by atoms with Gasteiger partial charge in [0.15, 0.2) is 0 Å². The van der Waals surface area contributed by atoms with E-state index in [1.807, 2.05) is 18.2 Å². The first-order chi connectivity index (χ1) is 12.3. The van der Waals surface area contributed by atoms with Gasteiger partial charge in [0.25, 0.3) is 0 Å². The molecule has 0 spiro atoms. The lowest BCUT2D eigenvalue weighted by atomic mass is 10.2. The summed E-state index contributed by atoms with van der Waals surface area (Å²) in [5, 5.41) is 2.98. The lowest BCUT2D eigenvalue weighted by Crippen LogP contribution is -2.27. The molecule has 3 heterocycles. The van der Waals surface area contributed by atoms with Crippen molar-refractivity contribution in [2.24, 2.45) is 17.8 Å². The number of anilines is 1. The highest BCUT2D eigenvalue weighted by atomic mass is 16.1. The van der Waals surface area contributed by atoms with Crippen LogP contribution in [-0.2, 0) is 4.79 Å². The normalized spacial score (nSPS) is 24.3. The summed E-state index contributed by atoms with van der Waals surface area (Å²) in [5.41, 5.74) is 0.930. The van der Waals surface area contributed by atoms with Crippen LogP contribution in [0.1, 0.15) is 12.0 Å². The molecule has 0 radical (unpaired) electrons. The van der Waals surface area contributed by atoms with Crippen LogP contribution in [0.4, 0.5) is 5.82 Å². The monoisotopic (exact) mass is 335 g/mol. The van der Waals surface area contributed by atoms with Crippen LogP contribution in [0.5, 0.6) is 0 Å². The maximum absolute atomic E-state index is 11.9. The van der Waals surface area contributed by atoms with E-state index >= 15 is 0 Å². The molecule has 1 aliphatic carbocycles. The number of piperidine rings is 1. The summed E-state index contributed by atoms with van der Waals surface area (Å²) in [6, 6.07) is 5.74. The van der Waals surface area contributed by atoms with Gasteiger partial charge < -0.3 is 10.2 Å². The van der Waals surface area contributed by atoms with E-state index in [0.29, 0.717) is 0 Å². The summed E-state index contributed by atoms with van der Waals surface area (Å²) in [6.07, 6.45) is 11.3. The molecule has 0 aromatic carbocycles. The van der Waals surface area contributed by atoms with E-state index in [1.165, 1.54) is 0 Å². The van der Waals surface area contributed by atoms with E-state index in [1.54, 1.807) is 37.1 Å². The molecule has 1 saturated carbocycles. The molecule has 1 aliphatic heterocycles. The van der Waals surface area contributed by atoms with Crippen molar-refractivity contribution in [2.45, 2.75) is 6.42 Å². The lowest BCUT2D eigenvalue weighted by molar-refractivity contribution is -0.116. The zero-order valence-corrected chi connectivity index (χ0v) is 14.0. The molecule has 2 aliphatic rings. The van der Waals surface area contributed by atoms with Crippen molar-refractivity contribution in [3.63, 3.8) is 0 Å². The van der Waals surface area contributed by atoms with E-state index in [4.69, 9.17) is 0 Å². The number of aromatic nitrogens is 3. The lowest BCUT2D eigenvalue weighted by Gasteiger charge is -2.20. The van der Waals surface area contributed by atoms with Crippen LogP contribution >= 0.6 is 0 Å². The Morgan fingerprint density at radius 2 is 2.12 bits per heavy atom. The van der Waals surface area contributed by atoms with Gasteiger partial charge in [0.2, 0.25) is 5.91 Å². The van der Waals surface area contributed by atoms with Crippen molar-refractivity contribution in [3.05, 3.63) is 54.8 Å². The first-order valence-electron chi connectivity index (χ1n) is 8.68. The Balaban J connectivity index is 1.17. The van der Waals surface area contributed by atoms with Crippen molar-refractivity contribution in [2.75, 3.05) is 24.5 Å². The third-order valence-corrected chi connectivity index (χ3v) is 5.15. The average Bonchev–Trinajstić information content (AvgIpc) is 3.11. The van der Waals surface area contributed by atoms with Crippen LogP contribution in [0.25, 0.3) is 6.08 Å². The number of nitrogens with zero attached hydrogens (tertiary/aromatic N) is 4. The van der Waals surface area contributed by atoms with Crippen molar-refractivity contribution >= 4 is 17.8 Å². The van der Waals surface area contributed by atoms with Gasteiger partial charge in [0.05, 0.1) is 0 Å². The molecule has 1 N–H and O–H groups in total. The number of hydrogen-bond donors (Lipinski definition) is 1. The SMILES string of the molecule is O=C(/C=C/c1cccnc1)NCC[C@@H]1[C@H]2CN(c3ccncn3)C[C@@H]12. The van der Waals surface area contributed by atoms with Gasteiger partial charge in [-0.1, -0.05) is 6.07 Å². The van der Waals surface area contributed by atoms with Gasteiger partial charge >= 0.3 is 0 Å². The molecule has 2 aromatic heterocycles. The van der Waals surface area contributed by atoms with E-state index in [0.717, 1.165) is 55.2 Å². The van der Waals surface area contributed by atoms with Crippen LogP contribution in [0.3, 0.4) is 0 Å². The Morgan fingerprint density at radius 3 is 2.84 bits per heavy atom. The minimum Gasteiger partial charge on any atom is -0.356 e. The van der Waals surface area contributed by atoms with Crippen LogP contribution in [0.15, 0.2) is 49.2 Å². The predicted octanol–water partition coefficient (Wildman–Crippen LogP) is 1.77. The number of carbonyl (C=O) groups excluding carboxylic acids is 1. The number of carbonyl (C=O) groups is 1. The van der Waals surface area contributed by atoms with Crippen LogP contribution in [-0.4, -0.2) is 40.5 Å². The minimum atomic E-state index is -0.0442. The number of pyridine rings is 1. The quantitative estimate of drug-likeness (QED) is 0.815. The maximum Gasteiger partial charge on any atom is 0.244 e. The van der Waals surface area contributed by atoms with Crippen molar-refractivity contribution in [3.8, 4) is 0 Å². The van der Waals surface area contributed by atoms with E-state index in [-0.39, 0.29) is 5.91 Å². The van der Waals surface area contributed by atoms with Gasteiger partial charge in [-0.05, 0) is 47.9 Å². The second kappa shape index (κ2) is 7.01. The summed E-state index contributed by atoms with van der Waals surface area (Å²) in [4.78, 5) is 26.5. The van der Waals surface area contributed by atoms with E-state index in [9.17, 15) is 4.79 Å².